The predicted octanol–water partition coefficient (Wildman–Crippen LogP) is 3.72. The third-order valence-corrected chi connectivity index (χ3v) is 4.19. The smallest absolute Gasteiger partial charge is 0.313 e. The Kier molecular flexibility index (Phi) is 5.48. The average Bonchev–Trinajstić information content (AvgIpc) is 2.45. The van der Waals surface area contributed by atoms with Crippen LogP contribution in [0.1, 0.15) is 32.1 Å². The van der Waals surface area contributed by atoms with Crippen molar-refractivity contribution >= 4 is 40.7 Å². The second kappa shape index (κ2) is 7.14. The van der Waals surface area contributed by atoms with Gasteiger partial charge in [0.15, 0.2) is 0 Å². The molecule has 21 heavy (non-hydrogen) atoms. The first kappa shape index (κ1) is 16.1. The summed E-state index contributed by atoms with van der Waals surface area (Å²) >= 11 is 11.7. The minimum absolute atomic E-state index is 0.153. The number of anilines is 1. The van der Waals surface area contributed by atoms with E-state index in [1.807, 2.05) is 0 Å². The highest BCUT2D eigenvalue weighted by Gasteiger charge is 2.26. The number of rotatable bonds is 2. The Labute approximate surface area is 134 Å². The zero-order valence-corrected chi connectivity index (χ0v) is 13.4. The van der Waals surface area contributed by atoms with Crippen LogP contribution in [0.3, 0.4) is 0 Å². The molecular formula is C15H18Cl2N2O2. The molecule has 0 aliphatic heterocycles. The van der Waals surface area contributed by atoms with Gasteiger partial charge in [0.05, 0.1) is 0 Å². The van der Waals surface area contributed by atoms with E-state index in [2.05, 4.69) is 5.32 Å². The van der Waals surface area contributed by atoms with Crippen molar-refractivity contribution in [1.82, 2.24) is 4.90 Å². The maximum atomic E-state index is 12.2. The molecule has 1 saturated carbocycles. The first-order valence-electron chi connectivity index (χ1n) is 7.01. The van der Waals surface area contributed by atoms with E-state index in [9.17, 15) is 9.59 Å². The number of carbonyl (C=O) groups is 2. The molecule has 1 N–H and O–H groups in total. The zero-order chi connectivity index (χ0) is 15.4. The Balaban J connectivity index is 2.00. The van der Waals surface area contributed by atoms with Crippen LogP contribution in [-0.2, 0) is 9.59 Å². The SMILES string of the molecule is CN(C(=O)C(=O)Nc1cc(Cl)cc(Cl)c1)C1CCCCC1. The summed E-state index contributed by atoms with van der Waals surface area (Å²) in [6.45, 7) is 0. The van der Waals surface area contributed by atoms with Gasteiger partial charge in [-0.25, -0.2) is 0 Å². The van der Waals surface area contributed by atoms with Gasteiger partial charge in [-0.15, -0.1) is 0 Å². The molecule has 1 aromatic carbocycles. The summed E-state index contributed by atoms with van der Waals surface area (Å²) in [5, 5.41) is 3.36. The van der Waals surface area contributed by atoms with Crippen LogP contribution in [0.5, 0.6) is 0 Å². The molecule has 0 aromatic heterocycles. The summed E-state index contributed by atoms with van der Waals surface area (Å²) in [5.41, 5.74) is 0.419. The Morgan fingerprint density at radius 1 is 1.10 bits per heavy atom. The van der Waals surface area contributed by atoms with Gasteiger partial charge in [-0.2, -0.15) is 0 Å². The topological polar surface area (TPSA) is 49.4 Å². The molecule has 1 fully saturated rings. The molecule has 0 heterocycles. The van der Waals surface area contributed by atoms with E-state index < -0.39 is 11.8 Å². The molecule has 2 rings (SSSR count). The van der Waals surface area contributed by atoms with Gasteiger partial charge in [-0.1, -0.05) is 42.5 Å². The minimum Gasteiger partial charge on any atom is -0.335 e. The van der Waals surface area contributed by atoms with Crippen molar-refractivity contribution in [3.8, 4) is 0 Å². The van der Waals surface area contributed by atoms with Crippen molar-refractivity contribution in [2.24, 2.45) is 0 Å². The predicted molar refractivity (Wildman–Crippen MR) is 84.7 cm³/mol. The molecule has 1 aliphatic carbocycles. The lowest BCUT2D eigenvalue weighted by Crippen LogP contribution is -2.44. The van der Waals surface area contributed by atoms with Crippen LogP contribution in [-0.4, -0.2) is 29.8 Å². The highest BCUT2D eigenvalue weighted by Crippen LogP contribution is 2.24. The molecule has 6 heteroatoms. The summed E-state index contributed by atoms with van der Waals surface area (Å²) in [6.07, 6.45) is 5.32. The van der Waals surface area contributed by atoms with Gasteiger partial charge in [0, 0.05) is 28.8 Å². The third kappa shape index (κ3) is 4.35. The summed E-state index contributed by atoms with van der Waals surface area (Å²) < 4.78 is 0. The van der Waals surface area contributed by atoms with Gasteiger partial charge >= 0.3 is 11.8 Å². The van der Waals surface area contributed by atoms with Crippen LogP contribution < -0.4 is 5.32 Å². The fraction of sp³-hybridized carbons (Fsp3) is 0.467. The van der Waals surface area contributed by atoms with Crippen LogP contribution in [0.25, 0.3) is 0 Å². The van der Waals surface area contributed by atoms with Crippen molar-refractivity contribution in [2.45, 2.75) is 38.1 Å². The third-order valence-electron chi connectivity index (χ3n) is 3.76. The number of benzene rings is 1. The summed E-state index contributed by atoms with van der Waals surface area (Å²) in [4.78, 5) is 25.7. The normalized spacial score (nSPS) is 15.6. The number of nitrogens with one attached hydrogen (secondary N) is 1. The number of likely N-dealkylation sites (N-methyl/N-ethyl adjacent to an activating group) is 1. The highest BCUT2D eigenvalue weighted by molar-refractivity contribution is 6.40. The maximum absolute atomic E-state index is 12.2. The number of nitrogens with zero attached hydrogens (tertiary/aromatic N) is 1. The van der Waals surface area contributed by atoms with Crippen molar-refractivity contribution in [3.05, 3.63) is 28.2 Å². The van der Waals surface area contributed by atoms with Crippen molar-refractivity contribution < 1.29 is 9.59 Å². The first-order chi connectivity index (χ1) is 9.97. The molecule has 1 aliphatic rings. The summed E-state index contributed by atoms with van der Waals surface area (Å²) in [6, 6.07) is 4.83. The fourth-order valence-electron chi connectivity index (χ4n) is 2.60. The Morgan fingerprint density at radius 2 is 1.67 bits per heavy atom. The lowest BCUT2D eigenvalue weighted by atomic mass is 9.94. The number of hydrogen-bond acceptors (Lipinski definition) is 2. The van der Waals surface area contributed by atoms with Gasteiger partial charge in [0.1, 0.15) is 0 Å². The van der Waals surface area contributed by atoms with Crippen LogP contribution in [0.4, 0.5) is 5.69 Å². The number of hydrogen-bond donors (Lipinski definition) is 1. The van der Waals surface area contributed by atoms with Crippen LogP contribution in [0.15, 0.2) is 18.2 Å². The average molecular weight is 329 g/mol. The maximum Gasteiger partial charge on any atom is 0.313 e. The van der Waals surface area contributed by atoms with E-state index in [0.29, 0.717) is 15.7 Å². The van der Waals surface area contributed by atoms with Crippen LogP contribution in [0.2, 0.25) is 10.0 Å². The monoisotopic (exact) mass is 328 g/mol. The fourth-order valence-corrected chi connectivity index (χ4v) is 3.13. The molecule has 4 nitrogen and oxygen atoms in total. The molecule has 2 amide bonds. The quantitative estimate of drug-likeness (QED) is 0.841. The van der Waals surface area contributed by atoms with E-state index in [4.69, 9.17) is 23.2 Å². The second-order valence-electron chi connectivity index (χ2n) is 5.32. The van der Waals surface area contributed by atoms with Gasteiger partial charge < -0.3 is 10.2 Å². The van der Waals surface area contributed by atoms with E-state index in [1.54, 1.807) is 30.1 Å². The van der Waals surface area contributed by atoms with Gasteiger partial charge in [0.2, 0.25) is 0 Å². The summed E-state index contributed by atoms with van der Waals surface area (Å²) in [7, 11) is 1.68. The molecule has 0 unspecified atom stereocenters. The molecule has 0 atom stereocenters. The largest absolute Gasteiger partial charge is 0.335 e. The lowest BCUT2D eigenvalue weighted by Gasteiger charge is -2.30. The molecule has 0 spiro atoms. The van der Waals surface area contributed by atoms with Crippen LogP contribution in [0, 0.1) is 0 Å². The second-order valence-corrected chi connectivity index (χ2v) is 6.19. The standard InChI is InChI=1S/C15H18Cl2N2O2/c1-19(13-5-3-2-4-6-13)15(21)14(20)18-12-8-10(16)7-11(17)9-12/h7-9,13H,2-6H2,1H3,(H,18,20). The zero-order valence-electron chi connectivity index (χ0n) is 11.9. The number of carbonyl (C=O) groups excluding carboxylic acids is 2. The summed E-state index contributed by atoms with van der Waals surface area (Å²) in [5.74, 6) is -1.19. The molecular weight excluding hydrogens is 311 g/mol. The van der Waals surface area contributed by atoms with E-state index in [-0.39, 0.29) is 6.04 Å². The first-order valence-corrected chi connectivity index (χ1v) is 7.77. The van der Waals surface area contributed by atoms with Gasteiger partial charge in [-0.3, -0.25) is 9.59 Å². The Hall–Kier alpha value is -1.26. The van der Waals surface area contributed by atoms with Crippen LogP contribution >= 0.6 is 23.2 Å². The highest BCUT2D eigenvalue weighted by atomic mass is 35.5. The van der Waals surface area contributed by atoms with Gasteiger partial charge in [-0.05, 0) is 31.0 Å². The molecule has 0 radical (unpaired) electrons. The van der Waals surface area contributed by atoms with E-state index >= 15 is 0 Å². The minimum atomic E-state index is -0.665. The van der Waals surface area contributed by atoms with E-state index in [0.717, 1.165) is 25.7 Å². The molecule has 114 valence electrons. The van der Waals surface area contributed by atoms with Crippen molar-refractivity contribution in [2.75, 3.05) is 12.4 Å². The van der Waals surface area contributed by atoms with E-state index in [1.165, 1.54) is 6.42 Å². The number of halogens is 2. The Morgan fingerprint density at radius 3 is 2.24 bits per heavy atom. The molecule has 0 saturated heterocycles. The van der Waals surface area contributed by atoms with Crippen molar-refractivity contribution in [3.63, 3.8) is 0 Å². The number of amides is 2. The lowest BCUT2D eigenvalue weighted by molar-refractivity contribution is -0.144. The molecule has 0 bridgehead atoms. The Bertz CT molecular complexity index is 522. The van der Waals surface area contributed by atoms with Gasteiger partial charge in [0.25, 0.3) is 0 Å². The van der Waals surface area contributed by atoms with Crippen molar-refractivity contribution in [1.29, 1.82) is 0 Å². The molecule has 1 aromatic rings.